The molecule has 3 heterocycles. The first-order valence-electron chi connectivity index (χ1n) is 9.00. The molecule has 2 aliphatic rings. The lowest BCUT2D eigenvalue weighted by atomic mass is 9.70. The molecule has 2 aromatic rings. The van der Waals surface area contributed by atoms with Gasteiger partial charge < -0.3 is 35.1 Å². The number of carbonyl (C=O) groups excluding carboxylic acids is 1. The Balaban J connectivity index is 1.30. The van der Waals surface area contributed by atoms with Gasteiger partial charge in [0.25, 0.3) is 0 Å². The molecule has 1 atom stereocenters. The van der Waals surface area contributed by atoms with Gasteiger partial charge >= 0.3 is 6.75 Å². The van der Waals surface area contributed by atoms with Crippen molar-refractivity contribution in [3.05, 3.63) is 42.0 Å². The van der Waals surface area contributed by atoms with Crippen LogP contribution in [0.2, 0.25) is 6.32 Å². The molecule has 2 aliphatic heterocycles. The number of imidazole rings is 1. The van der Waals surface area contributed by atoms with Crippen LogP contribution in [0.1, 0.15) is 11.3 Å². The molecule has 9 nitrogen and oxygen atoms in total. The zero-order valence-electron chi connectivity index (χ0n) is 14.7. The van der Waals surface area contributed by atoms with E-state index in [1.807, 2.05) is 12.1 Å². The van der Waals surface area contributed by atoms with E-state index < -0.39 is 12.8 Å². The van der Waals surface area contributed by atoms with Gasteiger partial charge in [-0.1, -0.05) is 12.4 Å². The van der Waals surface area contributed by atoms with E-state index >= 15 is 0 Å². The van der Waals surface area contributed by atoms with Crippen LogP contribution >= 0.6 is 0 Å². The highest BCUT2D eigenvalue weighted by molar-refractivity contribution is 6.58. The lowest BCUT2D eigenvalue weighted by Gasteiger charge is -2.40. The van der Waals surface area contributed by atoms with Crippen LogP contribution in [0.3, 0.4) is 0 Å². The van der Waals surface area contributed by atoms with Gasteiger partial charge in [0.2, 0.25) is 5.91 Å². The Hall–Kier alpha value is -2.56. The second kappa shape index (κ2) is 6.88. The number of nitrogens with zero attached hydrogens (tertiary/aromatic N) is 2. The number of amides is 1. The Bertz CT molecular complexity index is 823. The number of ether oxygens (including phenoxy) is 1. The van der Waals surface area contributed by atoms with Gasteiger partial charge in [0.05, 0.1) is 31.2 Å². The predicted octanol–water partition coefficient (Wildman–Crippen LogP) is -0.572. The number of likely N-dealkylation sites (tertiary alicyclic amines) is 1. The number of aromatic nitrogens is 2. The molecule has 1 amide bonds. The third kappa shape index (κ3) is 3.92. The quantitative estimate of drug-likeness (QED) is 0.516. The fourth-order valence-corrected chi connectivity index (χ4v) is 3.37. The van der Waals surface area contributed by atoms with Crippen LogP contribution in [0.25, 0.3) is 0 Å². The molecule has 0 radical (unpaired) electrons. The lowest BCUT2D eigenvalue weighted by molar-refractivity contribution is -0.141. The SMILES string of the molecule is N[C@H](Cc1cnc[nH]1)C(=O)N1CC(Oc2ccc3c(c2)O[B-](O)(O)CC3)C1. The highest BCUT2D eigenvalue weighted by Gasteiger charge is 2.35. The summed E-state index contributed by atoms with van der Waals surface area (Å²) in [6, 6.07) is 4.72. The number of hydrogen-bond donors (Lipinski definition) is 4. The Morgan fingerprint density at radius 2 is 2.30 bits per heavy atom. The highest BCUT2D eigenvalue weighted by atomic mass is 16.6. The first-order valence-corrected chi connectivity index (χ1v) is 9.00. The fraction of sp³-hybridized carbons (Fsp3) is 0.412. The molecule has 5 N–H and O–H groups in total. The molecule has 1 aromatic heterocycles. The lowest BCUT2D eigenvalue weighted by Crippen LogP contribution is -2.60. The number of fused-ring (bicyclic) bond motifs is 1. The van der Waals surface area contributed by atoms with E-state index in [9.17, 15) is 14.8 Å². The number of H-pyrrole nitrogens is 1. The van der Waals surface area contributed by atoms with Crippen LogP contribution in [0.15, 0.2) is 30.7 Å². The van der Waals surface area contributed by atoms with E-state index in [2.05, 4.69) is 9.97 Å². The predicted molar refractivity (Wildman–Crippen MR) is 97.0 cm³/mol. The number of aryl methyl sites for hydroxylation is 1. The zero-order chi connectivity index (χ0) is 19.0. The van der Waals surface area contributed by atoms with Gasteiger partial charge in [-0.3, -0.25) is 4.79 Å². The maximum atomic E-state index is 12.4. The summed E-state index contributed by atoms with van der Waals surface area (Å²) >= 11 is 0. The summed E-state index contributed by atoms with van der Waals surface area (Å²) in [6.45, 7) is -1.88. The average Bonchev–Trinajstić information content (AvgIpc) is 3.09. The third-order valence-corrected chi connectivity index (χ3v) is 4.92. The summed E-state index contributed by atoms with van der Waals surface area (Å²) in [5, 5.41) is 19.4. The van der Waals surface area contributed by atoms with Gasteiger partial charge in [0.15, 0.2) is 0 Å². The zero-order valence-corrected chi connectivity index (χ0v) is 14.7. The number of aromatic amines is 1. The number of nitrogens with two attached hydrogens (primary N) is 1. The van der Waals surface area contributed by atoms with Gasteiger partial charge in [-0.2, -0.15) is 0 Å². The van der Waals surface area contributed by atoms with E-state index in [1.54, 1.807) is 23.5 Å². The number of carbonyl (C=O) groups is 1. The monoisotopic (exact) mass is 373 g/mol. The van der Waals surface area contributed by atoms with E-state index in [0.29, 0.717) is 37.4 Å². The molecule has 0 unspecified atom stereocenters. The standard InChI is InChI=1S/C17H22BN4O5/c19-15(5-12-7-20-10-21-12)17(23)22-8-14(9-22)26-13-2-1-11-3-4-18(24,25)27-16(11)6-13/h1-2,6-7,10,14-15,24-25H,3-5,8-9,19H2,(H,20,21)/q-1/t15-/m1/s1. The molecule has 144 valence electrons. The number of nitrogens with one attached hydrogen (secondary N) is 1. The van der Waals surface area contributed by atoms with Crippen molar-refractivity contribution in [3.8, 4) is 11.5 Å². The molecule has 0 bridgehead atoms. The molecule has 1 aromatic carbocycles. The average molecular weight is 373 g/mol. The summed E-state index contributed by atoms with van der Waals surface area (Å²) in [5.74, 6) is 0.880. The van der Waals surface area contributed by atoms with E-state index in [0.717, 1.165) is 11.3 Å². The molecule has 0 aliphatic carbocycles. The Morgan fingerprint density at radius 1 is 1.48 bits per heavy atom. The maximum Gasteiger partial charge on any atom is 0.430 e. The largest absolute Gasteiger partial charge is 0.670 e. The highest BCUT2D eigenvalue weighted by Crippen LogP contribution is 2.33. The second-order valence-corrected chi connectivity index (χ2v) is 7.15. The number of rotatable bonds is 5. The summed E-state index contributed by atoms with van der Waals surface area (Å²) < 4.78 is 11.1. The van der Waals surface area contributed by atoms with Crippen LogP contribution in [0, 0.1) is 0 Å². The van der Waals surface area contributed by atoms with Crippen molar-refractivity contribution in [2.45, 2.75) is 31.3 Å². The number of benzene rings is 1. The number of hydrogen-bond acceptors (Lipinski definition) is 7. The van der Waals surface area contributed by atoms with Crippen molar-refractivity contribution in [1.82, 2.24) is 14.9 Å². The van der Waals surface area contributed by atoms with Crippen molar-refractivity contribution in [3.63, 3.8) is 0 Å². The van der Waals surface area contributed by atoms with Crippen LogP contribution in [-0.2, 0) is 17.6 Å². The molecule has 27 heavy (non-hydrogen) atoms. The maximum absolute atomic E-state index is 12.4. The molecule has 4 rings (SSSR count). The summed E-state index contributed by atoms with van der Waals surface area (Å²) in [4.78, 5) is 20.9. The minimum atomic E-state index is -2.80. The van der Waals surface area contributed by atoms with Crippen LogP contribution in [0.4, 0.5) is 0 Å². The van der Waals surface area contributed by atoms with Crippen molar-refractivity contribution < 1.29 is 24.2 Å². The van der Waals surface area contributed by atoms with Crippen molar-refractivity contribution in [2.24, 2.45) is 5.73 Å². The van der Waals surface area contributed by atoms with E-state index in [4.69, 9.17) is 15.1 Å². The van der Waals surface area contributed by atoms with Gasteiger partial charge in [-0.25, -0.2) is 4.98 Å². The summed E-state index contributed by atoms with van der Waals surface area (Å²) in [6.07, 6.45) is 4.22. The first kappa shape index (κ1) is 17.8. The molecule has 1 saturated heterocycles. The van der Waals surface area contributed by atoms with Crippen molar-refractivity contribution in [1.29, 1.82) is 0 Å². The van der Waals surface area contributed by atoms with Gasteiger partial charge in [-0.15, -0.1) is 0 Å². The van der Waals surface area contributed by atoms with Crippen molar-refractivity contribution in [2.75, 3.05) is 13.1 Å². The van der Waals surface area contributed by atoms with Crippen LogP contribution in [-0.4, -0.2) is 62.8 Å². The first-order chi connectivity index (χ1) is 12.9. The Labute approximate surface area is 156 Å². The molecule has 0 saturated carbocycles. The molecule has 1 fully saturated rings. The molecular weight excluding hydrogens is 351 g/mol. The van der Waals surface area contributed by atoms with Crippen LogP contribution in [0.5, 0.6) is 11.5 Å². The van der Waals surface area contributed by atoms with Gasteiger partial charge in [0, 0.05) is 24.4 Å². The Kier molecular flexibility index (Phi) is 4.54. The third-order valence-electron chi connectivity index (χ3n) is 4.92. The van der Waals surface area contributed by atoms with E-state index in [1.165, 1.54) is 0 Å². The minimum Gasteiger partial charge on any atom is -0.670 e. The second-order valence-electron chi connectivity index (χ2n) is 7.15. The summed E-state index contributed by atoms with van der Waals surface area (Å²) in [5.41, 5.74) is 7.71. The topological polar surface area (TPSA) is 134 Å². The van der Waals surface area contributed by atoms with Gasteiger partial charge in [0.1, 0.15) is 11.9 Å². The fourth-order valence-electron chi connectivity index (χ4n) is 3.37. The smallest absolute Gasteiger partial charge is 0.430 e. The Morgan fingerprint density at radius 3 is 3.04 bits per heavy atom. The molecule has 0 spiro atoms. The van der Waals surface area contributed by atoms with Gasteiger partial charge in [-0.05, 0) is 18.1 Å². The summed E-state index contributed by atoms with van der Waals surface area (Å²) in [7, 11) is 0. The normalized spacial score (nSPS) is 19.6. The minimum absolute atomic E-state index is 0.119. The van der Waals surface area contributed by atoms with Crippen molar-refractivity contribution >= 4 is 12.7 Å². The van der Waals surface area contributed by atoms with Crippen LogP contribution < -0.4 is 15.1 Å². The van der Waals surface area contributed by atoms with E-state index in [-0.39, 0.29) is 18.3 Å². The molecule has 10 heteroatoms. The molecular formula is C17H22BN4O5-.